The molecule has 2 aromatic rings. The molecule has 0 aliphatic carbocycles. The summed E-state index contributed by atoms with van der Waals surface area (Å²) in [5.41, 5.74) is 3.73. The molecule has 2 heterocycles. The summed E-state index contributed by atoms with van der Waals surface area (Å²) in [6.45, 7) is 9.45. The van der Waals surface area contributed by atoms with Crippen LogP contribution in [0.2, 0.25) is 0 Å². The summed E-state index contributed by atoms with van der Waals surface area (Å²) < 4.78 is 1.98. The van der Waals surface area contributed by atoms with E-state index in [2.05, 4.69) is 49.2 Å². The van der Waals surface area contributed by atoms with Crippen LogP contribution >= 0.6 is 0 Å². The molecule has 0 saturated carbocycles. The minimum Gasteiger partial charge on any atom is -0.310 e. The van der Waals surface area contributed by atoms with Crippen molar-refractivity contribution in [2.24, 2.45) is 0 Å². The van der Waals surface area contributed by atoms with Gasteiger partial charge in [-0.15, -0.1) is 0 Å². The first kappa shape index (κ1) is 14.7. The third kappa shape index (κ3) is 3.45. The fourth-order valence-electron chi connectivity index (χ4n) is 2.21. The zero-order valence-corrected chi connectivity index (χ0v) is 12.8. The Labute approximate surface area is 121 Å². The number of rotatable bonds is 6. The third-order valence-corrected chi connectivity index (χ3v) is 3.26. The van der Waals surface area contributed by atoms with Crippen LogP contribution in [0.5, 0.6) is 0 Å². The molecular weight excluding hydrogens is 248 g/mol. The maximum absolute atomic E-state index is 4.54. The fourth-order valence-corrected chi connectivity index (χ4v) is 2.21. The van der Waals surface area contributed by atoms with E-state index in [0.29, 0.717) is 6.04 Å². The van der Waals surface area contributed by atoms with E-state index in [-0.39, 0.29) is 0 Å². The Balaban J connectivity index is 2.33. The van der Waals surface area contributed by atoms with Gasteiger partial charge in [0.05, 0.1) is 11.9 Å². The van der Waals surface area contributed by atoms with Gasteiger partial charge >= 0.3 is 0 Å². The lowest BCUT2D eigenvalue weighted by molar-refractivity contribution is 0.585. The standard InChI is InChI=1S/C16H24N4/c1-5-6-15-14(10-18-12(2)3)11-19-20(15)16-9-13(4)7-8-17-16/h7-9,11-12,18H,5-6,10H2,1-4H3. The summed E-state index contributed by atoms with van der Waals surface area (Å²) in [7, 11) is 0. The molecular formula is C16H24N4. The van der Waals surface area contributed by atoms with Gasteiger partial charge in [0.1, 0.15) is 0 Å². The van der Waals surface area contributed by atoms with Crippen LogP contribution in [0.25, 0.3) is 5.82 Å². The van der Waals surface area contributed by atoms with E-state index in [0.717, 1.165) is 25.2 Å². The first-order valence-corrected chi connectivity index (χ1v) is 7.34. The molecule has 4 nitrogen and oxygen atoms in total. The van der Waals surface area contributed by atoms with Crippen LogP contribution in [0.3, 0.4) is 0 Å². The molecule has 0 spiro atoms. The highest BCUT2D eigenvalue weighted by atomic mass is 15.3. The zero-order valence-electron chi connectivity index (χ0n) is 12.8. The highest BCUT2D eigenvalue weighted by Crippen LogP contribution is 2.16. The molecule has 2 aromatic heterocycles. The number of nitrogens with zero attached hydrogens (tertiary/aromatic N) is 3. The van der Waals surface area contributed by atoms with Crippen LogP contribution in [-0.4, -0.2) is 20.8 Å². The van der Waals surface area contributed by atoms with Gasteiger partial charge in [-0.3, -0.25) is 0 Å². The van der Waals surface area contributed by atoms with Gasteiger partial charge in [-0.2, -0.15) is 5.10 Å². The van der Waals surface area contributed by atoms with Crippen molar-refractivity contribution in [2.75, 3.05) is 0 Å². The van der Waals surface area contributed by atoms with E-state index in [1.54, 1.807) is 0 Å². The molecule has 0 fully saturated rings. The number of hydrogen-bond donors (Lipinski definition) is 1. The summed E-state index contributed by atoms with van der Waals surface area (Å²) in [6, 6.07) is 4.56. The SMILES string of the molecule is CCCc1c(CNC(C)C)cnn1-c1cc(C)ccn1. The molecule has 0 unspecified atom stereocenters. The minimum absolute atomic E-state index is 0.477. The van der Waals surface area contributed by atoms with Crippen LogP contribution in [0, 0.1) is 6.92 Å². The van der Waals surface area contributed by atoms with Crippen LogP contribution in [0.15, 0.2) is 24.5 Å². The van der Waals surface area contributed by atoms with Crippen molar-refractivity contribution < 1.29 is 0 Å². The second-order valence-corrected chi connectivity index (χ2v) is 5.51. The van der Waals surface area contributed by atoms with Crippen molar-refractivity contribution in [1.82, 2.24) is 20.1 Å². The summed E-state index contributed by atoms with van der Waals surface area (Å²) in [5.74, 6) is 0.907. The van der Waals surface area contributed by atoms with E-state index in [9.17, 15) is 0 Å². The van der Waals surface area contributed by atoms with E-state index >= 15 is 0 Å². The number of aryl methyl sites for hydroxylation is 1. The molecule has 4 heteroatoms. The van der Waals surface area contributed by atoms with Crippen molar-refractivity contribution in [3.05, 3.63) is 41.3 Å². The first-order valence-electron chi connectivity index (χ1n) is 7.34. The Morgan fingerprint density at radius 1 is 1.35 bits per heavy atom. The molecule has 0 amide bonds. The molecule has 0 saturated heterocycles. The Morgan fingerprint density at radius 3 is 2.80 bits per heavy atom. The van der Waals surface area contributed by atoms with Crippen molar-refractivity contribution in [3.63, 3.8) is 0 Å². The summed E-state index contributed by atoms with van der Waals surface area (Å²) >= 11 is 0. The highest BCUT2D eigenvalue weighted by molar-refractivity contribution is 5.31. The van der Waals surface area contributed by atoms with Gasteiger partial charge < -0.3 is 5.32 Å². The van der Waals surface area contributed by atoms with Gasteiger partial charge in [-0.25, -0.2) is 9.67 Å². The average Bonchev–Trinajstić information content (AvgIpc) is 2.80. The Morgan fingerprint density at radius 2 is 2.15 bits per heavy atom. The Bertz CT molecular complexity index is 557. The predicted octanol–water partition coefficient (Wildman–Crippen LogP) is 3.03. The Kier molecular flexibility index (Phi) is 4.90. The molecule has 0 aliphatic heterocycles. The molecule has 2 rings (SSSR count). The lowest BCUT2D eigenvalue weighted by atomic mass is 10.1. The molecule has 0 aliphatic rings. The van der Waals surface area contributed by atoms with Gasteiger partial charge in [-0.1, -0.05) is 27.2 Å². The van der Waals surface area contributed by atoms with Gasteiger partial charge in [0, 0.05) is 24.3 Å². The van der Waals surface area contributed by atoms with Crippen LogP contribution in [-0.2, 0) is 13.0 Å². The van der Waals surface area contributed by atoms with Gasteiger partial charge in [0.15, 0.2) is 5.82 Å². The van der Waals surface area contributed by atoms with Gasteiger partial charge in [0.25, 0.3) is 0 Å². The summed E-state index contributed by atoms with van der Waals surface area (Å²) in [4.78, 5) is 4.44. The molecule has 1 N–H and O–H groups in total. The van der Waals surface area contributed by atoms with Crippen molar-refractivity contribution >= 4 is 0 Å². The number of aromatic nitrogens is 3. The van der Waals surface area contributed by atoms with E-state index in [1.165, 1.54) is 16.8 Å². The molecule has 0 atom stereocenters. The predicted molar refractivity (Wildman–Crippen MR) is 82.1 cm³/mol. The van der Waals surface area contributed by atoms with Crippen LogP contribution < -0.4 is 5.32 Å². The average molecular weight is 272 g/mol. The van der Waals surface area contributed by atoms with E-state index in [4.69, 9.17) is 0 Å². The molecule has 108 valence electrons. The number of pyridine rings is 1. The smallest absolute Gasteiger partial charge is 0.153 e. The number of nitrogens with one attached hydrogen (secondary N) is 1. The first-order chi connectivity index (χ1) is 9.61. The van der Waals surface area contributed by atoms with Gasteiger partial charge in [0.2, 0.25) is 0 Å². The molecule has 0 radical (unpaired) electrons. The summed E-state index contributed by atoms with van der Waals surface area (Å²) in [6.07, 6.45) is 5.93. The molecule has 0 aromatic carbocycles. The Hall–Kier alpha value is -1.68. The molecule has 20 heavy (non-hydrogen) atoms. The largest absolute Gasteiger partial charge is 0.310 e. The quantitative estimate of drug-likeness (QED) is 0.879. The van der Waals surface area contributed by atoms with Gasteiger partial charge in [-0.05, 0) is 31.0 Å². The van der Waals surface area contributed by atoms with Crippen molar-refractivity contribution in [1.29, 1.82) is 0 Å². The van der Waals surface area contributed by atoms with E-state index < -0.39 is 0 Å². The second kappa shape index (κ2) is 6.66. The molecule has 0 bridgehead atoms. The fraction of sp³-hybridized carbons (Fsp3) is 0.500. The normalized spacial score (nSPS) is 11.2. The monoisotopic (exact) mass is 272 g/mol. The highest BCUT2D eigenvalue weighted by Gasteiger charge is 2.12. The topological polar surface area (TPSA) is 42.7 Å². The second-order valence-electron chi connectivity index (χ2n) is 5.51. The van der Waals surface area contributed by atoms with Crippen molar-refractivity contribution in [3.8, 4) is 5.82 Å². The maximum Gasteiger partial charge on any atom is 0.153 e. The lowest BCUT2D eigenvalue weighted by Crippen LogP contribution is -2.22. The summed E-state index contributed by atoms with van der Waals surface area (Å²) in [5, 5.41) is 8.00. The van der Waals surface area contributed by atoms with Crippen LogP contribution in [0.1, 0.15) is 44.0 Å². The van der Waals surface area contributed by atoms with Crippen LogP contribution in [0.4, 0.5) is 0 Å². The minimum atomic E-state index is 0.477. The van der Waals surface area contributed by atoms with Crippen molar-refractivity contribution in [2.45, 2.75) is 53.1 Å². The van der Waals surface area contributed by atoms with E-state index in [1.807, 2.05) is 23.1 Å². The number of hydrogen-bond acceptors (Lipinski definition) is 3. The lowest BCUT2D eigenvalue weighted by Gasteiger charge is -2.11. The zero-order chi connectivity index (χ0) is 14.5. The maximum atomic E-state index is 4.54. The third-order valence-electron chi connectivity index (χ3n) is 3.26.